The third-order valence-corrected chi connectivity index (χ3v) is 7.28. The average Bonchev–Trinajstić information content (AvgIpc) is 3.35. The molecule has 2 heterocycles. The number of ether oxygens (including phenoxy) is 1. The summed E-state index contributed by atoms with van der Waals surface area (Å²) in [4.78, 5) is 40.4. The molecule has 0 aliphatic heterocycles. The topological polar surface area (TPSA) is 127 Å². The molecule has 0 spiro atoms. The number of aromatic nitrogens is 3. The smallest absolute Gasteiger partial charge is 0.356 e. The van der Waals surface area contributed by atoms with Crippen LogP contribution in [-0.2, 0) is 11.6 Å². The van der Waals surface area contributed by atoms with Gasteiger partial charge in [-0.05, 0) is 42.5 Å². The Morgan fingerprint density at radius 1 is 1.18 bits per heavy atom. The van der Waals surface area contributed by atoms with Gasteiger partial charge in [0.1, 0.15) is 15.8 Å². The number of carbonyl (C=O) groups is 1. The van der Waals surface area contributed by atoms with Crippen LogP contribution in [0.3, 0.4) is 0 Å². The molecule has 1 amide bonds. The number of halogens is 1. The summed E-state index contributed by atoms with van der Waals surface area (Å²) in [6, 6.07) is 10.5. The standard InChI is InChI=1S/C20H16ClN4O5PS2/c1-25-7-6-22-20(25)32-16-9-12(18(26)24-19-23-11-17(21)33-19)8-14(10-16)30-13-2-4-15(5-3-13)31(27,28)29/h2-11H,1H3,(H,23,24,26)(H2,27,28,29). The molecule has 9 nitrogen and oxygen atoms in total. The van der Waals surface area contributed by atoms with Crippen molar-refractivity contribution >= 4 is 58.6 Å². The lowest BCUT2D eigenvalue weighted by Crippen LogP contribution is -2.12. The quantitative estimate of drug-likeness (QED) is 0.302. The van der Waals surface area contributed by atoms with Crippen LogP contribution in [0.4, 0.5) is 5.13 Å². The second kappa shape index (κ2) is 9.68. The third kappa shape index (κ3) is 6.02. The Bertz CT molecular complexity index is 1350. The summed E-state index contributed by atoms with van der Waals surface area (Å²) in [6.07, 6.45) is 4.93. The van der Waals surface area contributed by atoms with Crippen LogP contribution in [0.5, 0.6) is 11.5 Å². The minimum atomic E-state index is -4.35. The fraction of sp³-hybridized carbons (Fsp3) is 0.0500. The molecule has 2 aromatic carbocycles. The molecule has 0 saturated heterocycles. The minimum absolute atomic E-state index is 0.115. The Labute approximate surface area is 201 Å². The number of rotatable bonds is 7. The Hall–Kier alpha value is -2.66. The number of nitrogens with one attached hydrogen (secondary N) is 1. The molecule has 2 aromatic heterocycles. The predicted octanol–water partition coefficient (Wildman–Crippen LogP) is 4.53. The zero-order valence-corrected chi connectivity index (χ0v) is 20.2. The molecule has 0 bridgehead atoms. The van der Waals surface area contributed by atoms with Crippen LogP contribution in [-0.4, -0.2) is 30.2 Å². The molecule has 170 valence electrons. The van der Waals surface area contributed by atoms with Gasteiger partial charge in [-0.2, -0.15) is 0 Å². The molecule has 0 atom stereocenters. The predicted molar refractivity (Wildman–Crippen MR) is 127 cm³/mol. The van der Waals surface area contributed by atoms with Gasteiger partial charge in [-0.25, -0.2) is 9.97 Å². The van der Waals surface area contributed by atoms with Crippen LogP contribution in [0.1, 0.15) is 10.4 Å². The molecule has 4 rings (SSSR count). The van der Waals surface area contributed by atoms with E-state index < -0.39 is 13.5 Å². The van der Waals surface area contributed by atoms with Crippen molar-refractivity contribution in [3.63, 3.8) is 0 Å². The van der Waals surface area contributed by atoms with Gasteiger partial charge in [0.2, 0.25) is 0 Å². The van der Waals surface area contributed by atoms with E-state index in [1.54, 1.807) is 24.4 Å². The molecule has 3 N–H and O–H groups in total. The van der Waals surface area contributed by atoms with Gasteiger partial charge < -0.3 is 19.1 Å². The van der Waals surface area contributed by atoms with E-state index in [0.29, 0.717) is 31.4 Å². The zero-order valence-electron chi connectivity index (χ0n) is 16.9. The second-order valence-electron chi connectivity index (χ2n) is 6.68. The maximum atomic E-state index is 12.8. The van der Waals surface area contributed by atoms with Crippen molar-refractivity contribution in [2.24, 2.45) is 7.05 Å². The van der Waals surface area contributed by atoms with Crippen molar-refractivity contribution < 1.29 is 23.9 Å². The molecular weight excluding hydrogens is 507 g/mol. The molecule has 0 aliphatic carbocycles. The highest BCUT2D eigenvalue weighted by molar-refractivity contribution is 7.99. The lowest BCUT2D eigenvalue weighted by Gasteiger charge is -2.11. The van der Waals surface area contributed by atoms with Crippen LogP contribution in [0.25, 0.3) is 0 Å². The van der Waals surface area contributed by atoms with Gasteiger partial charge in [-0.3, -0.25) is 14.7 Å². The molecule has 13 heteroatoms. The SMILES string of the molecule is Cn1ccnc1Sc1cc(Oc2ccc(P(=O)(O)O)cc2)cc(C(=O)Nc2ncc(Cl)s2)c1. The normalized spacial score (nSPS) is 11.4. The van der Waals surface area contributed by atoms with Crippen molar-refractivity contribution in [1.82, 2.24) is 14.5 Å². The Balaban J connectivity index is 1.63. The minimum Gasteiger partial charge on any atom is -0.457 e. The van der Waals surface area contributed by atoms with Crippen molar-refractivity contribution in [3.05, 3.63) is 71.0 Å². The van der Waals surface area contributed by atoms with E-state index in [9.17, 15) is 19.1 Å². The van der Waals surface area contributed by atoms with Crippen LogP contribution >= 0.6 is 42.3 Å². The lowest BCUT2D eigenvalue weighted by atomic mass is 10.2. The zero-order chi connectivity index (χ0) is 23.6. The number of benzene rings is 2. The van der Waals surface area contributed by atoms with Gasteiger partial charge in [0.05, 0.1) is 11.5 Å². The number of thiazole rings is 1. The van der Waals surface area contributed by atoms with E-state index in [2.05, 4.69) is 15.3 Å². The maximum Gasteiger partial charge on any atom is 0.356 e. The van der Waals surface area contributed by atoms with Crippen LogP contribution in [0, 0.1) is 0 Å². The fourth-order valence-electron chi connectivity index (χ4n) is 2.70. The number of carbonyl (C=O) groups excluding carboxylic acids is 1. The maximum absolute atomic E-state index is 12.8. The molecule has 0 saturated carbocycles. The van der Waals surface area contributed by atoms with Crippen LogP contribution in [0.2, 0.25) is 4.34 Å². The van der Waals surface area contributed by atoms with Crippen molar-refractivity contribution in [1.29, 1.82) is 0 Å². The first-order valence-corrected chi connectivity index (χ1v) is 12.9. The van der Waals surface area contributed by atoms with Gasteiger partial charge in [0.15, 0.2) is 10.3 Å². The summed E-state index contributed by atoms with van der Waals surface area (Å²) in [6.45, 7) is 0. The molecule has 0 aliphatic rings. The van der Waals surface area contributed by atoms with Crippen molar-refractivity contribution in [2.75, 3.05) is 5.32 Å². The number of hydrogen-bond donors (Lipinski definition) is 3. The van der Waals surface area contributed by atoms with Gasteiger partial charge in [-0.15, -0.1) is 0 Å². The van der Waals surface area contributed by atoms with E-state index in [1.807, 2.05) is 17.8 Å². The molecular formula is C20H16ClN4O5PS2. The number of amides is 1. The summed E-state index contributed by atoms with van der Waals surface area (Å²) < 4.78 is 19.6. The number of anilines is 1. The van der Waals surface area contributed by atoms with Crippen molar-refractivity contribution in [2.45, 2.75) is 10.1 Å². The summed E-state index contributed by atoms with van der Waals surface area (Å²) in [5, 5.41) is 3.67. The number of imidazole rings is 1. The lowest BCUT2D eigenvalue weighted by molar-refractivity contribution is 0.102. The van der Waals surface area contributed by atoms with E-state index in [0.717, 1.165) is 16.5 Å². The summed E-state index contributed by atoms with van der Waals surface area (Å²) in [5.74, 6) is 0.315. The van der Waals surface area contributed by atoms with E-state index in [1.165, 1.54) is 42.2 Å². The highest BCUT2D eigenvalue weighted by atomic mass is 35.5. The number of aryl methyl sites for hydroxylation is 1. The Morgan fingerprint density at radius 2 is 1.94 bits per heavy atom. The fourth-order valence-corrected chi connectivity index (χ4v) is 4.94. The first-order chi connectivity index (χ1) is 15.7. The second-order valence-corrected chi connectivity index (χ2v) is 11.0. The molecule has 0 fully saturated rings. The van der Waals surface area contributed by atoms with Gasteiger partial charge >= 0.3 is 7.60 Å². The molecule has 4 aromatic rings. The number of nitrogens with zero attached hydrogens (tertiary/aromatic N) is 3. The third-order valence-electron chi connectivity index (χ3n) is 4.24. The number of hydrogen-bond acceptors (Lipinski definition) is 7. The van der Waals surface area contributed by atoms with Crippen molar-refractivity contribution in [3.8, 4) is 11.5 Å². The molecule has 0 unspecified atom stereocenters. The summed E-state index contributed by atoms with van der Waals surface area (Å²) in [5.41, 5.74) is 0.322. The first-order valence-electron chi connectivity index (χ1n) is 9.24. The van der Waals surface area contributed by atoms with Crippen LogP contribution in [0.15, 0.2) is 71.1 Å². The largest absolute Gasteiger partial charge is 0.457 e. The van der Waals surface area contributed by atoms with Crippen LogP contribution < -0.4 is 15.4 Å². The highest BCUT2D eigenvalue weighted by Gasteiger charge is 2.17. The molecule has 0 radical (unpaired) electrons. The van der Waals surface area contributed by atoms with Gasteiger partial charge in [0.25, 0.3) is 5.91 Å². The molecule has 33 heavy (non-hydrogen) atoms. The van der Waals surface area contributed by atoms with E-state index >= 15 is 0 Å². The average molecular weight is 523 g/mol. The summed E-state index contributed by atoms with van der Waals surface area (Å²) in [7, 11) is -2.49. The summed E-state index contributed by atoms with van der Waals surface area (Å²) >= 11 is 8.38. The Kier molecular flexibility index (Phi) is 6.89. The van der Waals surface area contributed by atoms with E-state index in [4.69, 9.17) is 16.3 Å². The Morgan fingerprint density at radius 3 is 2.55 bits per heavy atom. The van der Waals surface area contributed by atoms with Gasteiger partial charge in [-0.1, -0.05) is 34.7 Å². The first kappa shape index (κ1) is 23.5. The van der Waals surface area contributed by atoms with E-state index in [-0.39, 0.29) is 5.30 Å². The monoisotopic (exact) mass is 522 g/mol. The van der Waals surface area contributed by atoms with Gasteiger partial charge in [0, 0.05) is 29.9 Å². The highest BCUT2D eigenvalue weighted by Crippen LogP contribution is 2.35.